The summed E-state index contributed by atoms with van der Waals surface area (Å²) >= 11 is 5.76. The number of carbonyl (C=O) groups excluding carboxylic acids is 1. The Morgan fingerprint density at radius 1 is 1.32 bits per heavy atom. The van der Waals surface area contributed by atoms with E-state index in [1.807, 2.05) is 0 Å². The zero-order valence-corrected chi connectivity index (χ0v) is 11.4. The van der Waals surface area contributed by atoms with Gasteiger partial charge in [-0.2, -0.15) is 0 Å². The Kier molecular flexibility index (Phi) is 5.05. The summed E-state index contributed by atoms with van der Waals surface area (Å²) in [4.78, 5) is 11.7. The third-order valence-corrected chi connectivity index (χ3v) is 3.51. The van der Waals surface area contributed by atoms with Crippen LogP contribution in [0.15, 0.2) is 24.3 Å². The maximum Gasteiger partial charge on any atom is 0.258 e. The van der Waals surface area contributed by atoms with E-state index in [0.29, 0.717) is 10.8 Å². The highest BCUT2D eigenvalue weighted by Gasteiger charge is 2.24. The fourth-order valence-corrected chi connectivity index (χ4v) is 2.33. The van der Waals surface area contributed by atoms with E-state index < -0.39 is 6.10 Å². The van der Waals surface area contributed by atoms with Crippen LogP contribution in [0.5, 0.6) is 5.75 Å². The number of hydrogen-bond donors (Lipinski definition) is 2. The van der Waals surface area contributed by atoms with Crippen molar-refractivity contribution in [1.29, 1.82) is 0 Å². The van der Waals surface area contributed by atoms with Crippen molar-refractivity contribution in [3.05, 3.63) is 29.3 Å². The van der Waals surface area contributed by atoms with Crippen LogP contribution < -0.4 is 10.1 Å². The lowest BCUT2D eigenvalue weighted by atomic mass is 9.92. The zero-order chi connectivity index (χ0) is 13.7. The Balaban J connectivity index is 1.76. The number of rotatable bonds is 4. The van der Waals surface area contributed by atoms with E-state index in [2.05, 4.69) is 5.32 Å². The van der Waals surface area contributed by atoms with Crippen LogP contribution >= 0.6 is 11.6 Å². The van der Waals surface area contributed by atoms with E-state index in [9.17, 15) is 9.90 Å². The van der Waals surface area contributed by atoms with Gasteiger partial charge in [-0.1, -0.05) is 24.4 Å². The van der Waals surface area contributed by atoms with Gasteiger partial charge in [0.05, 0.1) is 12.1 Å². The Hall–Kier alpha value is -1.26. The van der Waals surface area contributed by atoms with Gasteiger partial charge in [0, 0.05) is 5.02 Å². The SMILES string of the molecule is O=C(COc1ccc(Cl)cc1)N[C@H]1CCCC[C@@H]1O. The smallest absolute Gasteiger partial charge is 0.258 e. The second-order valence-electron chi connectivity index (χ2n) is 4.77. The van der Waals surface area contributed by atoms with Crippen LogP contribution in [0.2, 0.25) is 5.02 Å². The number of carbonyl (C=O) groups is 1. The van der Waals surface area contributed by atoms with E-state index in [1.165, 1.54) is 0 Å². The van der Waals surface area contributed by atoms with Crippen molar-refractivity contribution in [2.24, 2.45) is 0 Å². The molecule has 2 N–H and O–H groups in total. The molecule has 0 heterocycles. The van der Waals surface area contributed by atoms with Gasteiger partial charge in [-0.15, -0.1) is 0 Å². The van der Waals surface area contributed by atoms with Crippen molar-refractivity contribution >= 4 is 17.5 Å². The van der Waals surface area contributed by atoms with Gasteiger partial charge < -0.3 is 15.2 Å². The van der Waals surface area contributed by atoms with E-state index >= 15 is 0 Å². The normalized spacial score (nSPS) is 22.8. The van der Waals surface area contributed by atoms with Crippen molar-refractivity contribution in [3.63, 3.8) is 0 Å². The highest BCUT2D eigenvalue weighted by molar-refractivity contribution is 6.30. The first-order chi connectivity index (χ1) is 9.15. The number of ether oxygens (including phenoxy) is 1. The monoisotopic (exact) mass is 283 g/mol. The van der Waals surface area contributed by atoms with Gasteiger partial charge in [0.25, 0.3) is 5.91 Å². The molecule has 1 aliphatic rings. The molecule has 1 saturated carbocycles. The molecule has 0 saturated heterocycles. The Morgan fingerprint density at radius 2 is 2.00 bits per heavy atom. The molecule has 0 unspecified atom stereocenters. The molecule has 2 atom stereocenters. The average Bonchev–Trinajstić information content (AvgIpc) is 2.41. The lowest BCUT2D eigenvalue weighted by molar-refractivity contribution is -0.125. The molecule has 1 aromatic carbocycles. The van der Waals surface area contributed by atoms with Gasteiger partial charge in [-0.25, -0.2) is 0 Å². The summed E-state index contributed by atoms with van der Waals surface area (Å²) < 4.78 is 5.35. The van der Waals surface area contributed by atoms with Crippen LogP contribution in [0.1, 0.15) is 25.7 Å². The highest BCUT2D eigenvalue weighted by Crippen LogP contribution is 2.18. The van der Waals surface area contributed by atoms with Crippen molar-refractivity contribution in [2.75, 3.05) is 6.61 Å². The van der Waals surface area contributed by atoms with Gasteiger partial charge in [-0.05, 0) is 37.1 Å². The molecule has 0 aromatic heterocycles. The minimum Gasteiger partial charge on any atom is -0.484 e. The maximum atomic E-state index is 11.7. The first-order valence-corrected chi connectivity index (χ1v) is 6.89. The summed E-state index contributed by atoms with van der Waals surface area (Å²) in [6, 6.07) is 6.70. The third kappa shape index (κ3) is 4.40. The summed E-state index contributed by atoms with van der Waals surface area (Å²) in [6.45, 7) is -0.0507. The van der Waals surface area contributed by atoms with Gasteiger partial charge in [0.15, 0.2) is 6.61 Å². The zero-order valence-electron chi connectivity index (χ0n) is 10.6. The maximum absolute atomic E-state index is 11.7. The van der Waals surface area contributed by atoms with Crippen LogP contribution in [0.4, 0.5) is 0 Å². The highest BCUT2D eigenvalue weighted by atomic mass is 35.5. The van der Waals surface area contributed by atoms with E-state index in [1.54, 1.807) is 24.3 Å². The van der Waals surface area contributed by atoms with E-state index in [0.717, 1.165) is 25.7 Å². The summed E-state index contributed by atoms with van der Waals surface area (Å²) in [5, 5.41) is 13.2. The third-order valence-electron chi connectivity index (χ3n) is 3.26. The second kappa shape index (κ2) is 6.78. The number of nitrogens with one attached hydrogen (secondary N) is 1. The lowest BCUT2D eigenvalue weighted by Crippen LogP contribution is -2.46. The van der Waals surface area contributed by atoms with E-state index in [4.69, 9.17) is 16.3 Å². The first kappa shape index (κ1) is 14.2. The Bertz CT molecular complexity index is 421. The summed E-state index contributed by atoms with van der Waals surface area (Å²) in [6.07, 6.45) is 3.21. The molecule has 1 fully saturated rings. The van der Waals surface area contributed by atoms with Crippen molar-refractivity contribution in [2.45, 2.75) is 37.8 Å². The number of amides is 1. The molecule has 2 rings (SSSR count). The van der Waals surface area contributed by atoms with Gasteiger partial charge in [0.2, 0.25) is 0 Å². The van der Waals surface area contributed by atoms with Gasteiger partial charge >= 0.3 is 0 Å². The number of aliphatic hydroxyl groups is 1. The molecule has 4 nitrogen and oxygen atoms in total. The molecular weight excluding hydrogens is 266 g/mol. The molecule has 0 spiro atoms. The molecule has 1 aromatic rings. The Labute approximate surface area is 117 Å². The molecular formula is C14H18ClNO3. The molecule has 104 valence electrons. The number of hydrogen-bond acceptors (Lipinski definition) is 3. The van der Waals surface area contributed by atoms with Crippen molar-refractivity contribution < 1.29 is 14.6 Å². The molecule has 19 heavy (non-hydrogen) atoms. The number of benzene rings is 1. The second-order valence-corrected chi connectivity index (χ2v) is 5.20. The molecule has 0 bridgehead atoms. The van der Waals surface area contributed by atoms with Crippen LogP contribution in [0.25, 0.3) is 0 Å². The topological polar surface area (TPSA) is 58.6 Å². The number of aliphatic hydroxyl groups excluding tert-OH is 1. The molecule has 1 aliphatic carbocycles. The molecule has 0 aliphatic heterocycles. The summed E-state index contributed by atoms with van der Waals surface area (Å²) in [5.74, 6) is 0.393. The minimum absolute atomic E-state index is 0.0507. The average molecular weight is 284 g/mol. The fraction of sp³-hybridized carbons (Fsp3) is 0.500. The van der Waals surface area contributed by atoms with E-state index in [-0.39, 0.29) is 18.6 Å². The van der Waals surface area contributed by atoms with Crippen LogP contribution in [-0.2, 0) is 4.79 Å². The molecule has 5 heteroatoms. The fourth-order valence-electron chi connectivity index (χ4n) is 2.21. The predicted molar refractivity (Wildman–Crippen MR) is 73.4 cm³/mol. The van der Waals surface area contributed by atoms with Crippen LogP contribution in [0, 0.1) is 0 Å². The van der Waals surface area contributed by atoms with Crippen molar-refractivity contribution in [3.8, 4) is 5.75 Å². The summed E-state index contributed by atoms with van der Waals surface area (Å²) in [7, 11) is 0. The summed E-state index contributed by atoms with van der Waals surface area (Å²) in [5.41, 5.74) is 0. The predicted octanol–water partition coefficient (Wildman–Crippen LogP) is 2.14. The lowest BCUT2D eigenvalue weighted by Gasteiger charge is -2.28. The van der Waals surface area contributed by atoms with Gasteiger partial charge in [-0.3, -0.25) is 4.79 Å². The van der Waals surface area contributed by atoms with Crippen LogP contribution in [-0.4, -0.2) is 29.8 Å². The number of halogens is 1. The molecule has 1 amide bonds. The standard InChI is InChI=1S/C14H18ClNO3/c15-10-5-7-11(8-6-10)19-9-14(18)16-12-3-1-2-4-13(12)17/h5-8,12-13,17H,1-4,9H2,(H,16,18)/t12-,13-/m0/s1. The largest absolute Gasteiger partial charge is 0.484 e. The van der Waals surface area contributed by atoms with Crippen LogP contribution in [0.3, 0.4) is 0 Å². The van der Waals surface area contributed by atoms with Crippen molar-refractivity contribution in [1.82, 2.24) is 5.32 Å². The Morgan fingerprint density at radius 3 is 2.68 bits per heavy atom. The minimum atomic E-state index is -0.437. The quantitative estimate of drug-likeness (QED) is 0.890. The molecule has 0 radical (unpaired) electrons. The van der Waals surface area contributed by atoms with Gasteiger partial charge in [0.1, 0.15) is 5.75 Å². The first-order valence-electron chi connectivity index (χ1n) is 6.51.